The molecule has 3 heteroatoms. The van der Waals surface area contributed by atoms with E-state index in [0.717, 1.165) is 18.4 Å². The van der Waals surface area contributed by atoms with E-state index >= 15 is 0 Å². The molecule has 1 fully saturated rings. The highest BCUT2D eigenvalue weighted by molar-refractivity contribution is 5.46. The molecule has 0 aromatic heterocycles. The van der Waals surface area contributed by atoms with Crippen LogP contribution in [0.15, 0.2) is 18.2 Å². The molecule has 0 saturated heterocycles. The Balaban J connectivity index is 2.30. The zero-order valence-electron chi connectivity index (χ0n) is 8.86. The van der Waals surface area contributed by atoms with Gasteiger partial charge >= 0.3 is 0 Å². The van der Waals surface area contributed by atoms with Crippen molar-refractivity contribution < 1.29 is 14.9 Å². The summed E-state index contributed by atoms with van der Waals surface area (Å²) in [5, 5.41) is 18.8. The van der Waals surface area contributed by atoms with Crippen LogP contribution in [0.1, 0.15) is 25.3 Å². The quantitative estimate of drug-likeness (QED) is 0.793. The van der Waals surface area contributed by atoms with E-state index in [1.165, 1.54) is 0 Å². The van der Waals surface area contributed by atoms with E-state index in [1.807, 2.05) is 19.1 Å². The van der Waals surface area contributed by atoms with Crippen LogP contribution in [0, 0.1) is 0 Å². The largest absolute Gasteiger partial charge is 0.504 e. The molecule has 0 amide bonds. The van der Waals surface area contributed by atoms with E-state index in [1.54, 1.807) is 6.07 Å². The van der Waals surface area contributed by atoms with E-state index in [2.05, 4.69) is 0 Å². The highest BCUT2D eigenvalue weighted by Crippen LogP contribution is 2.49. The second kappa shape index (κ2) is 3.74. The fourth-order valence-corrected chi connectivity index (χ4v) is 1.80. The molecule has 2 rings (SSSR count). The maximum Gasteiger partial charge on any atom is 0.161 e. The summed E-state index contributed by atoms with van der Waals surface area (Å²) >= 11 is 0. The second-order valence-corrected chi connectivity index (χ2v) is 4.05. The van der Waals surface area contributed by atoms with Gasteiger partial charge in [-0.15, -0.1) is 0 Å². The number of benzene rings is 1. The van der Waals surface area contributed by atoms with Crippen LogP contribution in [-0.4, -0.2) is 23.4 Å². The van der Waals surface area contributed by atoms with Crippen LogP contribution in [0.3, 0.4) is 0 Å². The molecule has 0 atom stereocenters. The molecule has 1 saturated carbocycles. The molecule has 0 unspecified atom stereocenters. The van der Waals surface area contributed by atoms with E-state index in [9.17, 15) is 10.2 Å². The van der Waals surface area contributed by atoms with Crippen LogP contribution in [-0.2, 0) is 5.41 Å². The molecule has 1 aromatic carbocycles. The smallest absolute Gasteiger partial charge is 0.161 e. The number of aromatic hydroxyl groups is 1. The van der Waals surface area contributed by atoms with E-state index in [-0.39, 0.29) is 17.8 Å². The van der Waals surface area contributed by atoms with E-state index in [0.29, 0.717) is 12.4 Å². The average Bonchev–Trinajstić information content (AvgIpc) is 3.02. The van der Waals surface area contributed by atoms with Crippen molar-refractivity contribution in [2.24, 2.45) is 0 Å². The van der Waals surface area contributed by atoms with Crippen LogP contribution in [0.2, 0.25) is 0 Å². The Labute approximate surface area is 89.3 Å². The summed E-state index contributed by atoms with van der Waals surface area (Å²) in [5.74, 6) is 0.670. The van der Waals surface area contributed by atoms with Crippen molar-refractivity contribution in [2.45, 2.75) is 25.2 Å². The number of hydrogen-bond donors (Lipinski definition) is 2. The first-order chi connectivity index (χ1) is 7.22. The number of phenolic OH excluding ortho intramolecular Hbond substituents is 1. The SMILES string of the molecule is CCOc1cc(C2(CO)CC2)ccc1O. The third-order valence-electron chi connectivity index (χ3n) is 3.03. The zero-order valence-corrected chi connectivity index (χ0v) is 8.86. The van der Waals surface area contributed by atoms with Gasteiger partial charge in [0.25, 0.3) is 0 Å². The Bertz CT molecular complexity index is 356. The van der Waals surface area contributed by atoms with Crippen LogP contribution >= 0.6 is 0 Å². The van der Waals surface area contributed by atoms with Crippen LogP contribution < -0.4 is 4.74 Å². The minimum atomic E-state index is -0.0699. The summed E-state index contributed by atoms with van der Waals surface area (Å²) in [5.41, 5.74) is 0.991. The normalized spacial score (nSPS) is 17.5. The molecule has 0 radical (unpaired) electrons. The third kappa shape index (κ3) is 1.79. The fraction of sp³-hybridized carbons (Fsp3) is 0.500. The number of phenols is 1. The number of aliphatic hydroxyl groups is 1. The van der Waals surface area contributed by atoms with Gasteiger partial charge in [0.05, 0.1) is 13.2 Å². The molecule has 2 N–H and O–H groups in total. The molecule has 0 bridgehead atoms. The Hall–Kier alpha value is -1.22. The summed E-state index contributed by atoms with van der Waals surface area (Å²) in [6.45, 7) is 2.58. The molecule has 1 aromatic rings. The second-order valence-electron chi connectivity index (χ2n) is 4.05. The van der Waals surface area contributed by atoms with Gasteiger partial charge in [0, 0.05) is 5.41 Å². The molecule has 1 aliphatic rings. The standard InChI is InChI=1S/C12H16O3/c1-2-15-11-7-9(3-4-10(11)14)12(8-13)5-6-12/h3-4,7,13-14H,2,5-6,8H2,1H3. The van der Waals surface area contributed by atoms with Gasteiger partial charge in [-0.2, -0.15) is 0 Å². The van der Waals surface area contributed by atoms with Crippen molar-refractivity contribution >= 4 is 0 Å². The summed E-state index contributed by atoms with van der Waals surface area (Å²) in [4.78, 5) is 0. The summed E-state index contributed by atoms with van der Waals surface area (Å²) in [7, 11) is 0. The minimum Gasteiger partial charge on any atom is -0.504 e. The monoisotopic (exact) mass is 208 g/mol. The maximum absolute atomic E-state index is 9.54. The predicted octanol–water partition coefficient (Wildman–Crippen LogP) is 1.81. The zero-order chi connectivity index (χ0) is 10.9. The predicted molar refractivity (Wildman–Crippen MR) is 57.3 cm³/mol. The lowest BCUT2D eigenvalue weighted by atomic mass is 9.97. The third-order valence-corrected chi connectivity index (χ3v) is 3.03. The Morgan fingerprint density at radius 2 is 2.13 bits per heavy atom. The Morgan fingerprint density at radius 3 is 2.67 bits per heavy atom. The average molecular weight is 208 g/mol. The lowest BCUT2D eigenvalue weighted by Gasteiger charge is -2.14. The molecule has 3 nitrogen and oxygen atoms in total. The topological polar surface area (TPSA) is 49.7 Å². The van der Waals surface area contributed by atoms with Gasteiger partial charge in [0.2, 0.25) is 0 Å². The first kappa shape index (κ1) is 10.3. The Morgan fingerprint density at radius 1 is 1.40 bits per heavy atom. The number of ether oxygens (including phenoxy) is 1. The number of rotatable bonds is 4. The molecular formula is C12H16O3. The van der Waals surface area contributed by atoms with Crippen molar-refractivity contribution in [3.63, 3.8) is 0 Å². The van der Waals surface area contributed by atoms with Crippen LogP contribution in [0.4, 0.5) is 0 Å². The number of aliphatic hydroxyl groups excluding tert-OH is 1. The van der Waals surface area contributed by atoms with Gasteiger partial charge in [0.1, 0.15) is 0 Å². The van der Waals surface area contributed by atoms with Crippen LogP contribution in [0.5, 0.6) is 11.5 Å². The minimum absolute atomic E-state index is 0.0699. The lowest BCUT2D eigenvalue weighted by Crippen LogP contribution is -2.11. The maximum atomic E-state index is 9.54. The highest BCUT2D eigenvalue weighted by Gasteiger charge is 2.43. The van der Waals surface area contributed by atoms with Crippen molar-refractivity contribution in [1.29, 1.82) is 0 Å². The van der Waals surface area contributed by atoms with Gasteiger partial charge in [-0.1, -0.05) is 6.07 Å². The summed E-state index contributed by atoms with van der Waals surface area (Å²) in [6.07, 6.45) is 2.03. The fourth-order valence-electron chi connectivity index (χ4n) is 1.80. The summed E-state index contributed by atoms with van der Waals surface area (Å²) in [6, 6.07) is 5.33. The van der Waals surface area contributed by atoms with Gasteiger partial charge in [-0.25, -0.2) is 0 Å². The van der Waals surface area contributed by atoms with Gasteiger partial charge in [-0.3, -0.25) is 0 Å². The van der Waals surface area contributed by atoms with Crippen molar-refractivity contribution in [1.82, 2.24) is 0 Å². The molecule has 0 aliphatic heterocycles. The summed E-state index contributed by atoms with van der Waals surface area (Å²) < 4.78 is 5.31. The van der Waals surface area contributed by atoms with Crippen LogP contribution in [0.25, 0.3) is 0 Å². The molecule has 1 aliphatic carbocycles. The molecule has 15 heavy (non-hydrogen) atoms. The molecule has 0 spiro atoms. The highest BCUT2D eigenvalue weighted by atomic mass is 16.5. The van der Waals surface area contributed by atoms with Gasteiger partial charge in [0.15, 0.2) is 11.5 Å². The lowest BCUT2D eigenvalue weighted by molar-refractivity contribution is 0.254. The molecule has 0 heterocycles. The molecule has 82 valence electrons. The van der Waals surface area contributed by atoms with E-state index < -0.39 is 0 Å². The number of hydrogen-bond acceptors (Lipinski definition) is 3. The Kier molecular flexibility index (Phi) is 2.57. The van der Waals surface area contributed by atoms with Gasteiger partial charge in [-0.05, 0) is 37.5 Å². The first-order valence-corrected chi connectivity index (χ1v) is 5.29. The van der Waals surface area contributed by atoms with Crippen molar-refractivity contribution in [3.8, 4) is 11.5 Å². The van der Waals surface area contributed by atoms with E-state index in [4.69, 9.17) is 4.74 Å². The van der Waals surface area contributed by atoms with Crippen molar-refractivity contribution in [3.05, 3.63) is 23.8 Å². The molecular weight excluding hydrogens is 192 g/mol. The van der Waals surface area contributed by atoms with Crippen molar-refractivity contribution in [2.75, 3.05) is 13.2 Å². The van der Waals surface area contributed by atoms with Gasteiger partial charge < -0.3 is 14.9 Å². The first-order valence-electron chi connectivity index (χ1n) is 5.29.